The van der Waals surface area contributed by atoms with Crippen LogP contribution in [0.4, 0.5) is 10.5 Å². The van der Waals surface area contributed by atoms with Gasteiger partial charge < -0.3 is 9.47 Å². The molecule has 7 heteroatoms. The van der Waals surface area contributed by atoms with E-state index in [4.69, 9.17) is 9.47 Å². The minimum Gasteiger partial charge on any atom is -0.461 e. The average Bonchev–Trinajstić information content (AvgIpc) is 2.88. The van der Waals surface area contributed by atoms with Crippen LogP contribution >= 0.6 is 11.3 Å². The lowest BCUT2D eigenvalue weighted by Gasteiger charge is -2.19. The Morgan fingerprint density at radius 1 is 1.20 bits per heavy atom. The summed E-state index contributed by atoms with van der Waals surface area (Å²) >= 11 is 1.43. The lowest BCUT2D eigenvalue weighted by molar-refractivity contribution is 0.0519. The van der Waals surface area contributed by atoms with E-state index in [9.17, 15) is 9.59 Å². The maximum Gasteiger partial charge on any atom is 0.412 e. The predicted molar refractivity (Wildman–Crippen MR) is 98.1 cm³/mol. The highest BCUT2D eigenvalue weighted by atomic mass is 32.1. The van der Waals surface area contributed by atoms with Crippen molar-refractivity contribution in [2.24, 2.45) is 0 Å². The fourth-order valence-corrected chi connectivity index (χ4v) is 2.93. The van der Waals surface area contributed by atoms with Gasteiger partial charge in [0.05, 0.1) is 6.61 Å². The van der Waals surface area contributed by atoms with E-state index in [-0.39, 0.29) is 0 Å². The third-order valence-corrected chi connectivity index (χ3v) is 4.06. The number of nitrogens with zero attached hydrogens (tertiary/aromatic N) is 1. The molecule has 0 aliphatic rings. The van der Waals surface area contributed by atoms with Crippen molar-refractivity contribution in [3.8, 4) is 10.6 Å². The third kappa shape index (κ3) is 5.29. The van der Waals surface area contributed by atoms with Crippen LogP contribution in [0.5, 0.6) is 0 Å². The van der Waals surface area contributed by atoms with E-state index < -0.39 is 17.7 Å². The van der Waals surface area contributed by atoms with E-state index in [0.717, 1.165) is 15.4 Å². The van der Waals surface area contributed by atoms with E-state index in [0.29, 0.717) is 18.0 Å². The molecule has 0 spiro atoms. The van der Waals surface area contributed by atoms with Crippen LogP contribution in [0, 0.1) is 6.92 Å². The second-order valence-electron chi connectivity index (χ2n) is 6.35. The number of carbonyl (C=O) groups is 2. The van der Waals surface area contributed by atoms with Crippen molar-refractivity contribution < 1.29 is 19.1 Å². The first kappa shape index (κ1) is 18.9. The Balaban J connectivity index is 2.11. The Morgan fingerprint density at radius 2 is 1.84 bits per heavy atom. The topological polar surface area (TPSA) is 77.5 Å². The number of hydrogen-bond acceptors (Lipinski definition) is 6. The van der Waals surface area contributed by atoms with Crippen molar-refractivity contribution in [1.82, 2.24) is 4.98 Å². The molecule has 0 saturated heterocycles. The van der Waals surface area contributed by atoms with Crippen molar-refractivity contribution in [2.45, 2.75) is 40.2 Å². The highest BCUT2D eigenvalue weighted by Gasteiger charge is 2.18. The van der Waals surface area contributed by atoms with Gasteiger partial charge in [-0.05, 0) is 58.9 Å². The molecule has 2 rings (SSSR count). The van der Waals surface area contributed by atoms with Crippen LogP contribution in [0.3, 0.4) is 0 Å². The Hall–Kier alpha value is -2.41. The molecule has 1 heterocycles. The summed E-state index contributed by atoms with van der Waals surface area (Å²) in [5.74, 6) is -0.411. The molecule has 1 aromatic heterocycles. The van der Waals surface area contributed by atoms with Crippen LogP contribution in [0.25, 0.3) is 10.6 Å². The van der Waals surface area contributed by atoms with Gasteiger partial charge in [0.2, 0.25) is 0 Å². The van der Waals surface area contributed by atoms with E-state index >= 15 is 0 Å². The van der Waals surface area contributed by atoms with Gasteiger partial charge in [-0.3, -0.25) is 5.32 Å². The van der Waals surface area contributed by atoms with Gasteiger partial charge in [0.1, 0.15) is 10.6 Å². The summed E-state index contributed by atoms with van der Waals surface area (Å²) in [4.78, 5) is 28.8. The second-order valence-corrected chi connectivity index (χ2v) is 7.55. The van der Waals surface area contributed by atoms with Gasteiger partial charge in [0.15, 0.2) is 5.69 Å². The van der Waals surface area contributed by atoms with E-state index in [1.54, 1.807) is 19.1 Å². The summed E-state index contributed by atoms with van der Waals surface area (Å²) in [6, 6.07) is 7.19. The Bertz CT molecular complexity index is 760. The van der Waals surface area contributed by atoms with Gasteiger partial charge in [0.25, 0.3) is 0 Å². The van der Waals surface area contributed by atoms with Crippen LogP contribution in [0.2, 0.25) is 0 Å². The molecule has 1 amide bonds. The number of ether oxygens (including phenoxy) is 2. The molecule has 0 aliphatic heterocycles. The molecule has 0 radical (unpaired) electrons. The van der Waals surface area contributed by atoms with Crippen molar-refractivity contribution >= 4 is 29.1 Å². The number of aryl methyl sites for hydroxylation is 1. The number of hydrogen-bond donors (Lipinski definition) is 1. The van der Waals surface area contributed by atoms with E-state index in [2.05, 4.69) is 10.3 Å². The van der Waals surface area contributed by atoms with Crippen LogP contribution in [-0.4, -0.2) is 29.3 Å². The molecule has 2 aromatic rings. The number of carbonyl (C=O) groups excluding carboxylic acids is 2. The molecule has 6 nitrogen and oxygen atoms in total. The van der Waals surface area contributed by atoms with Crippen LogP contribution in [-0.2, 0) is 9.47 Å². The molecule has 0 unspecified atom stereocenters. The molecule has 0 bridgehead atoms. The molecule has 0 atom stereocenters. The number of esters is 1. The number of anilines is 1. The summed E-state index contributed by atoms with van der Waals surface area (Å²) in [7, 11) is 0. The monoisotopic (exact) mass is 362 g/mol. The van der Waals surface area contributed by atoms with Gasteiger partial charge in [-0.2, -0.15) is 0 Å². The first-order valence-corrected chi connectivity index (χ1v) is 8.76. The number of aromatic nitrogens is 1. The Kier molecular flexibility index (Phi) is 5.79. The van der Waals surface area contributed by atoms with Crippen molar-refractivity contribution in [1.29, 1.82) is 0 Å². The largest absolute Gasteiger partial charge is 0.461 e. The van der Waals surface area contributed by atoms with Crippen LogP contribution in [0.1, 0.15) is 43.1 Å². The minimum atomic E-state index is -0.550. The predicted octanol–water partition coefficient (Wildman–Crippen LogP) is 4.64. The van der Waals surface area contributed by atoms with Crippen LogP contribution in [0.15, 0.2) is 24.3 Å². The smallest absolute Gasteiger partial charge is 0.412 e. The highest BCUT2D eigenvalue weighted by molar-refractivity contribution is 7.15. The minimum absolute atomic E-state index is 0.316. The Labute approximate surface area is 151 Å². The van der Waals surface area contributed by atoms with Crippen molar-refractivity contribution in [3.05, 3.63) is 34.8 Å². The maximum atomic E-state index is 11.9. The molecule has 1 N–H and O–H groups in total. The summed E-state index contributed by atoms with van der Waals surface area (Å²) in [6.45, 7) is 9.34. The number of amides is 1. The van der Waals surface area contributed by atoms with Gasteiger partial charge in [-0.15, -0.1) is 11.3 Å². The number of benzene rings is 1. The highest BCUT2D eigenvalue weighted by Crippen LogP contribution is 2.29. The molecule has 0 aliphatic carbocycles. The average molecular weight is 362 g/mol. The van der Waals surface area contributed by atoms with Crippen molar-refractivity contribution in [2.75, 3.05) is 11.9 Å². The molecule has 0 fully saturated rings. The molecule has 134 valence electrons. The normalized spacial score (nSPS) is 11.1. The third-order valence-electron chi connectivity index (χ3n) is 3.04. The molecular weight excluding hydrogens is 340 g/mol. The van der Waals surface area contributed by atoms with Gasteiger partial charge in [-0.25, -0.2) is 14.6 Å². The first-order valence-electron chi connectivity index (χ1n) is 7.94. The molecular formula is C18H22N2O4S. The molecule has 0 saturated carbocycles. The number of thiazole rings is 1. The summed E-state index contributed by atoms with van der Waals surface area (Å²) in [5, 5.41) is 3.40. The number of nitrogens with one attached hydrogen (secondary N) is 1. The van der Waals surface area contributed by atoms with Crippen molar-refractivity contribution in [3.63, 3.8) is 0 Å². The van der Waals surface area contributed by atoms with Gasteiger partial charge in [-0.1, -0.05) is 0 Å². The zero-order valence-corrected chi connectivity index (χ0v) is 15.8. The van der Waals surface area contributed by atoms with Gasteiger partial charge >= 0.3 is 12.1 Å². The standard InChI is InChI=1S/C18H22N2O4S/c1-6-23-16(21)14-11(2)25-15(20-14)12-7-9-13(10-8-12)19-17(22)24-18(3,4)5/h7-10H,6H2,1-5H3,(H,19,22). The summed E-state index contributed by atoms with van der Waals surface area (Å²) in [5.41, 5.74) is 1.28. The summed E-state index contributed by atoms with van der Waals surface area (Å²) < 4.78 is 10.2. The Morgan fingerprint density at radius 3 is 2.40 bits per heavy atom. The maximum absolute atomic E-state index is 11.9. The first-order chi connectivity index (χ1) is 11.7. The fraction of sp³-hybridized carbons (Fsp3) is 0.389. The van der Waals surface area contributed by atoms with E-state index in [1.165, 1.54) is 11.3 Å². The fourth-order valence-electron chi connectivity index (χ4n) is 2.03. The zero-order chi connectivity index (χ0) is 18.6. The lowest BCUT2D eigenvalue weighted by Crippen LogP contribution is -2.27. The second kappa shape index (κ2) is 7.65. The number of rotatable bonds is 4. The van der Waals surface area contributed by atoms with E-state index in [1.807, 2.05) is 39.8 Å². The molecule has 25 heavy (non-hydrogen) atoms. The lowest BCUT2D eigenvalue weighted by atomic mass is 10.2. The quantitative estimate of drug-likeness (QED) is 0.802. The summed E-state index contributed by atoms with van der Waals surface area (Å²) in [6.07, 6.45) is -0.505. The van der Waals surface area contributed by atoms with Gasteiger partial charge in [0, 0.05) is 16.1 Å². The zero-order valence-electron chi connectivity index (χ0n) is 15.0. The molecule has 1 aromatic carbocycles. The van der Waals surface area contributed by atoms with Crippen LogP contribution < -0.4 is 5.32 Å². The SMILES string of the molecule is CCOC(=O)c1nc(-c2ccc(NC(=O)OC(C)(C)C)cc2)sc1C.